The van der Waals surface area contributed by atoms with Crippen molar-refractivity contribution in [1.29, 1.82) is 0 Å². The summed E-state index contributed by atoms with van der Waals surface area (Å²) < 4.78 is 1.30. The number of anilines is 1. The maximum Gasteiger partial charge on any atom is 0.268 e. The third-order valence-corrected chi connectivity index (χ3v) is 4.02. The molecule has 2 rings (SSSR count). The molecule has 3 N–H and O–H groups in total. The van der Waals surface area contributed by atoms with Crippen LogP contribution in [0.25, 0.3) is 0 Å². The van der Waals surface area contributed by atoms with Crippen molar-refractivity contribution in [2.45, 2.75) is 25.7 Å². The molecule has 0 aliphatic carbocycles. The number of aromatic nitrogens is 2. The van der Waals surface area contributed by atoms with E-state index in [-0.39, 0.29) is 23.8 Å². The summed E-state index contributed by atoms with van der Waals surface area (Å²) in [5.41, 5.74) is 5.73. The second-order valence-corrected chi connectivity index (χ2v) is 5.90. The lowest BCUT2D eigenvalue weighted by Gasteiger charge is -2.18. The maximum atomic E-state index is 11.7. The van der Waals surface area contributed by atoms with Crippen LogP contribution in [0.4, 0.5) is 5.69 Å². The van der Waals surface area contributed by atoms with E-state index in [0.29, 0.717) is 25.3 Å². The SMILES string of the molecule is Cn1ncc(N2CCC(CNC(=O)CCCC(N)=O)C2)cc1=O. The van der Waals surface area contributed by atoms with Gasteiger partial charge in [-0.25, -0.2) is 4.68 Å². The third-order valence-electron chi connectivity index (χ3n) is 4.02. The minimum absolute atomic E-state index is 0.0556. The quantitative estimate of drug-likeness (QED) is 0.695. The van der Waals surface area contributed by atoms with Crippen LogP contribution in [-0.4, -0.2) is 41.2 Å². The number of amides is 2. The van der Waals surface area contributed by atoms with Gasteiger partial charge in [0.2, 0.25) is 11.8 Å². The summed E-state index contributed by atoms with van der Waals surface area (Å²) in [6, 6.07) is 1.58. The number of nitrogens with one attached hydrogen (secondary N) is 1. The maximum absolute atomic E-state index is 11.7. The summed E-state index contributed by atoms with van der Waals surface area (Å²) in [6.07, 6.45) is 3.68. The van der Waals surface area contributed by atoms with Gasteiger partial charge in [0.25, 0.3) is 5.56 Å². The summed E-state index contributed by atoms with van der Waals surface area (Å²) in [7, 11) is 1.62. The zero-order chi connectivity index (χ0) is 16.8. The largest absolute Gasteiger partial charge is 0.370 e. The molecule has 2 heterocycles. The van der Waals surface area contributed by atoms with Crippen molar-refractivity contribution in [1.82, 2.24) is 15.1 Å². The molecule has 23 heavy (non-hydrogen) atoms. The molecule has 2 amide bonds. The lowest BCUT2D eigenvalue weighted by Crippen LogP contribution is -2.31. The molecule has 0 spiro atoms. The Labute approximate surface area is 134 Å². The molecule has 0 saturated carbocycles. The summed E-state index contributed by atoms with van der Waals surface area (Å²) in [5, 5.41) is 6.92. The van der Waals surface area contributed by atoms with E-state index in [9.17, 15) is 14.4 Å². The van der Waals surface area contributed by atoms with Gasteiger partial charge in [-0.1, -0.05) is 0 Å². The van der Waals surface area contributed by atoms with Crippen molar-refractivity contribution in [3.8, 4) is 0 Å². The normalized spacial score (nSPS) is 17.3. The molecule has 1 fully saturated rings. The molecule has 8 heteroatoms. The second kappa shape index (κ2) is 7.75. The number of nitrogens with zero attached hydrogens (tertiary/aromatic N) is 3. The predicted octanol–water partition coefficient (Wildman–Crippen LogP) is -0.622. The fourth-order valence-corrected chi connectivity index (χ4v) is 2.64. The topological polar surface area (TPSA) is 110 Å². The summed E-state index contributed by atoms with van der Waals surface area (Å²) in [6.45, 7) is 2.23. The Bertz CT molecular complexity index is 628. The molecule has 1 saturated heterocycles. The average Bonchev–Trinajstić information content (AvgIpc) is 2.96. The monoisotopic (exact) mass is 321 g/mol. The van der Waals surface area contributed by atoms with Gasteiger partial charge >= 0.3 is 0 Å². The Kier molecular flexibility index (Phi) is 5.72. The molecular formula is C15H23N5O3. The average molecular weight is 321 g/mol. The zero-order valence-electron chi connectivity index (χ0n) is 13.3. The van der Waals surface area contributed by atoms with Gasteiger partial charge in [-0.3, -0.25) is 14.4 Å². The van der Waals surface area contributed by atoms with Crippen LogP contribution in [0.1, 0.15) is 25.7 Å². The number of carbonyl (C=O) groups excluding carboxylic acids is 2. The summed E-state index contributed by atoms with van der Waals surface area (Å²) >= 11 is 0. The molecule has 1 atom stereocenters. The Balaban J connectivity index is 1.75. The highest BCUT2D eigenvalue weighted by atomic mass is 16.2. The number of aryl methyl sites for hydroxylation is 1. The lowest BCUT2D eigenvalue weighted by atomic mass is 10.1. The van der Waals surface area contributed by atoms with Gasteiger partial charge < -0.3 is 16.0 Å². The molecule has 8 nitrogen and oxygen atoms in total. The first kappa shape index (κ1) is 17.0. The highest BCUT2D eigenvalue weighted by Gasteiger charge is 2.23. The van der Waals surface area contributed by atoms with Crippen molar-refractivity contribution >= 4 is 17.5 Å². The number of rotatable bonds is 7. The minimum Gasteiger partial charge on any atom is -0.370 e. The first-order chi connectivity index (χ1) is 11.0. The van der Waals surface area contributed by atoms with Crippen LogP contribution in [0.2, 0.25) is 0 Å². The first-order valence-electron chi connectivity index (χ1n) is 7.79. The van der Waals surface area contributed by atoms with Crippen molar-refractivity contribution < 1.29 is 9.59 Å². The number of primary amides is 1. The summed E-state index contributed by atoms with van der Waals surface area (Å²) in [5.74, 6) is -0.0917. The van der Waals surface area contributed by atoms with Gasteiger partial charge in [-0.05, 0) is 18.8 Å². The van der Waals surface area contributed by atoms with Gasteiger partial charge in [-0.2, -0.15) is 5.10 Å². The Hall–Kier alpha value is -2.38. The van der Waals surface area contributed by atoms with Crippen LogP contribution in [-0.2, 0) is 16.6 Å². The third kappa shape index (κ3) is 5.08. The van der Waals surface area contributed by atoms with Crippen LogP contribution in [0.15, 0.2) is 17.1 Å². The van der Waals surface area contributed by atoms with E-state index in [1.54, 1.807) is 19.3 Å². The van der Waals surface area contributed by atoms with Crippen LogP contribution in [0, 0.1) is 5.92 Å². The first-order valence-corrected chi connectivity index (χ1v) is 7.79. The molecule has 1 unspecified atom stereocenters. The Morgan fingerprint density at radius 2 is 2.22 bits per heavy atom. The molecule has 1 aromatic heterocycles. The smallest absolute Gasteiger partial charge is 0.268 e. The molecule has 0 bridgehead atoms. The van der Waals surface area contributed by atoms with E-state index < -0.39 is 0 Å². The van der Waals surface area contributed by atoms with Gasteiger partial charge in [0.05, 0.1) is 11.9 Å². The van der Waals surface area contributed by atoms with E-state index in [0.717, 1.165) is 25.2 Å². The van der Waals surface area contributed by atoms with E-state index in [1.807, 2.05) is 0 Å². The number of carbonyl (C=O) groups is 2. The molecule has 0 aromatic carbocycles. The van der Waals surface area contributed by atoms with Crippen LogP contribution in [0.3, 0.4) is 0 Å². The van der Waals surface area contributed by atoms with E-state index in [2.05, 4.69) is 15.3 Å². The zero-order valence-corrected chi connectivity index (χ0v) is 13.3. The number of hydrogen-bond acceptors (Lipinski definition) is 5. The molecule has 1 aliphatic rings. The van der Waals surface area contributed by atoms with Gasteiger partial charge in [0.1, 0.15) is 0 Å². The lowest BCUT2D eigenvalue weighted by molar-refractivity contribution is -0.121. The Morgan fingerprint density at radius 3 is 2.91 bits per heavy atom. The second-order valence-electron chi connectivity index (χ2n) is 5.90. The van der Waals surface area contributed by atoms with Gasteiger partial charge in [0, 0.05) is 45.6 Å². The summed E-state index contributed by atoms with van der Waals surface area (Å²) in [4.78, 5) is 36.0. The van der Waals surface area contributed by atoms with Crippen molar-refractivity contribution in [3.05, 3.63) is 22.6 Å². The molecule has 126 valence electrons. The van der Waals surface area contributed by atoms with Gasteiger partial charge in [0.15, 0.2) is 0 Å². The number of nitrogens with two attached hydrogens (primary N) is 1. The highest BCUT2D eigenvalue weighted by molar-refractivity contribution is 5.77. The van der Waals surface area contributed by atoms with Crippen LogP contribution < -0.4 is 21.5 Å². The molecule has 1 aromatic rings. The van der Waals surface area contributed by atoms with E-state index in [4.69, 9.17) is 5.73 Å². The van der Waals surface area contributed by atoms with Crippen LogP contribution in [0.5, 0.6) is 0 Å². The highest BCUT2D eigenvalue weighted by Crippen LogP contribution is 2.21. The minimum atomic E-state index is -0.383. The van der Waals surface area contributed by atoms with Crippen molar-refractivity contribution in [2.75, 3.05) is 24.5 Å². The van der Waals surface area contributed by atoms with Crippen molar-refractivity contribution in [3.63, 3.8) is 0 Å². The standard InChI is InChI=1S/C15H23N5O3/c1-19-15(23)7-12(9-18-19)20-6-5-11(10-20)8-17-14(22)4-2-3-13(16)21/h7,9,11H,2-6,8,10H2,1H3,(H2,16,21)(H,17,22). The van der Waals surface area contributed by atoms with E-state index in [1.165, 1.54) is 4.68 Å². The molecular weight excluding hydrogens is 298 g/mol. The fourth-order valence-electron chi connectivity index (χ4n) is 2.64. The van der Waals surface area contributed by atoms with Crippen molar-refractivity contribution in [2.24, 2.45) is 18.7 Å². The Morgan fingerprint density at radius 1 is 1.43 bits per heavy atom. The fraction of sp³-hybridized carbons (Fsp3) is 0.600. The van der Waals surface area contributed by atoms with Crippen LogP contribution >= 0.6 is 0 Å². The molecule has 0 radical (unpaired) electrons. The molecule has 1 aliphatic heterocycles. The van der Waals surface area contributed by atoms with E-state index >= 15 is 0 Å². The van der Waals surface area contributed by atoms with Gasteiger partial charge in [-0.15, -0.1) is 0 Å². The predicted molar refractivity (Wildman–Crippen MR) is 85.9 cm³/mol. The number of hydrogen-bond donors (Lipinski definition) is 2.